The minimum Gasteiger partial charge on any atom is -0.369 e. The normalized spacial score (nSPS) is 17.1. The lowest BCUT2D eigenvalue weighted by atomic mass is 10.2. The number of nitrogens with zero attached hydrogens (tertiary/aromatic N) is 2. The van der Waals surface area contributed by atoms with Crippen LogP contribution in [0.15, 0.2) is 40.8 Å². The zero-order chi connectivity index (χ0) is 19.7. The van der Waals surface area contributed by atoms with Crippen LogP contribution in [0.25, 0.3) is 26.4 Å². The van der Waals surface area contributed by atoms with E-state index in [-0.39, 0.29) is 5.75 Å². The van der Waals surface area contributed by atoms with E-state index in [1.165, 1.54) is 19.8 Å². The van der Waals surface area contributed by atoms with Crippen molar-refractivity contribution in [1.82, 2.24) is 4.90 Å². The minimum atomic E-state index is -3.95. The van der Waals surface area contributed by atoms with Crippen LogP contribution in [-0.4, -0.2) is 43.0 Å². The van der Waals surface area contributed by atoms with E-state index in [9.17, 15) is 8.42 Å². The predicted octanol–water partition coefficient (Wildman–Crippen LogP) is 4.21. The summed E-state index contributed by atoms with van der Waals surface area (Å²) in [7, 11) is -1.85. The topological polar surface area (TPSA) is 61.5 Å². The summed E-state index contributed by atoms with van der Waals surface area (Å²) < 4.78 is 36.0. The monoisotopic (exact) mass is 453 g/mol. The number of rotatable bonds is 6. The van der Waals surface area contributed by atoms with Crippen molar-refractivity contribution < 1.29 is 17.5 Å². The molecular weight excluding hydrogens is 432 g/mol. The van der Waals surface area contributed by atoms with Gasteiger partial charge in [-0.3, -0.25) is 4.55 Å². The number of hydrogen-bond donors (Lipinski definition) is 1. The van der Waals surface area contributed by atoms with E-state index >= 15 is 0 Å². The molecule has 0 saturated carbocycles. The molecule has 0 aliphatic carbocycles. The van der Waals surface area contributed by atoms with Gasteiger partial charge in [0.15, 0.2) is 6.54 Å². The third kappa shape index (κ3) is 4.28. The van der Waals surface area contributed by atoms with Gasteiger partial charge in [-0.25, -0.2) is 0 Å². The van der Waals surface area contributed by atoms with Gasteiger partial charge < -0.3 is 4.90 Å². The molecule has 1 aliphatic heterocycles. The van der Waals surface area contributed by atoms with Crippen LogP contribution in [-0.2, 0) is 16.7 Å². The molecule has 1 saturated heterocycles. The maximum atomic E-state index is 11.2. The van der Waals surface area contributed by atoms with Gasteiger partial charge in [0.1, 0.15) is 4.70 Å². The van der Waals surface area contributed by atoms with Crippen LogP contribution in [0.1, 0.15) is 11.4 Å². The van der Waals surface area contributed by atoms with Crippen molar-refractivity contribution in [2.75, 3.05) is 25.1 Å². The fourth-order valence-corrected chi connectivity index (χ4v) is 6.76. The van der Waals surface area contributed by atoms with Crippen LogP contribution in [0.5, 0.6) is 0 Å². The van der Waals surface area contributed by atoms with E-state index in [0.29, 0.717) is 13.0 Å². The number of hydrogen-bond acceptors (Lipinski definition) is 6. The molecule has 148 valence electrons. The molecule has 0 bridgehead atoms. The SMILES string of the molecule is CN1CCS/C1=C\C=C\c1sc2ccc3sccc3c2[n+]1CCCS(=O)(=O)O. The van der Waals surface area contributed by atoms with Crippen molar-refractivity contribution in [3.63, 3.8) is 0 Å². The molecule has 1 N–H and O–H groups in total. The molecule has 4 rings (SSSR count). The number of fused-ring (bicyclic) bond motifs is 3. The maximum Gasteiger partial charge on any atom is 0.265 e. The Hall–Kier alpha value is -1.39. The van der Waals surface area contributed by atoms with E-state index in [0.717, 1.165) is 22.8 Å². The first-order valence-corrected chi connectivity index (χ1v) is 13.2. The summed E-state index contributed by atoms with van der Waals surface area (Å²) in [6, 6.07) is 6.39. The van der Waals surface area contributed by atoms with Crippen molar-refractivity contribution >= 4 is 70.9 Å². The average Bonchev–Trinajstić information content (AvgIpc) is 3.33. The third-order valence-corrected chi connectivity index (χ3v) is 8.57. The highest BCUT2D eigenvalue weighted by Gasteiger charge is 2.22. The second-order valence-electron chi connectivity index (χ2n) is 6.61. The van der Waals surface area contributed by atoms with Gasteiger partial charge in [-0.15, -0.1) is 23.1 Å². The molecule has 1 aliphatic rings. The number of aromatic nitrogens is 1. The number of thioether (sulfide) groups is 1. The molecule has 3 aromatic rings. The van der Waals surface area contributed by atoms with E-state index < -0.39 is 10.1 Å². The van der Waals surface area contributed by atoms with Crippen molar-refractivity contribution in [3.8, 4) is 0 Å². The Morgan fingerprint density at radius 2 is 2.11 bits per heavy atom. The lowest BCUT2D eigenvalue weighted by Crippen LogP contribution is -2.36. The van der Waals surface area contributed by atoms with Gasteiger partial charge in [-0.1, -0.05) is 17.4 Å². The van der Waals surface area contributed by atoms with E-state index in [1.807, 2.05) is 11.8 Å². The van der Waals surface area contributed by atoms with Gasteiger partial charge in [-0.2, -0.15) is 13.0 Å². The van der Waals surface area contributed by atoms with Crippen LogP contribution < -0.4 is 4.57 Å². The quantitative estimate of drug-likeness (QED) is 0.447. The van der Waals surface area contributed by atoms with E-state index in [2.05, 4.69) is 58.3 Å². The highest BCUT2D eigenvalue weighted by atomic mass is 32.2. The molecule has 2 aromatic heterocycles. The fourth-order valence-electron chi connectivity index (χ4n) is 3.29. The van der Waals surface area contributed by atoms with Gasteiger partial charge in [0.05, 0.1) is 16.2 Å². The summed E-state index contributed by atoms with van der Waals surface area (Å²) in [5.74, 6) is 0.885. The van der Waals surface area contributed by atoms with Gasteiger partial charge >= 0.3 is 0 Å². The fraction of sp³-hybridized carbons (Fsp3) is 0.316. The van der Waals surface area contributed by atoms with Gasteiger partial charge in [-0.05, 0) is 29.7 Å². The van der Waals surface area contributed by atoms with Crippen molar-refractivity contribution in [3.05, 3.63) is 45.8 Å². The molecule has 1 fully saturated rings. The second-order valence-corrected chi connectivity index (χ2v) is 11.3. The van der Waals surface area contributed by atoms with E-state index in [1.54, 1.807) is 22.7 Å². The second kappa shape index (κ2) is 8.16. The molecule has 0 radical (unpaired) electrons. The zero-order valence-corrected chi connectivity index (χ0v) is 18.6. The molecule has 0 unspecified atom stereocenters. The first kappa shape index (κ1) is 19.9. The Bertz CT molecular complexity index is 1170. The molecular formula is C19H21N2O3S4+. The van der Waals surface area contributed by atoms with Gasteiger partial charge in [0, 0.05) is 36.5 Å². The first-order chi connectivity index (χ1) is 13.4. The predicted molar refractivity (Wildman–Crippen MR) is 121 cm³/mol. The molecule has 5 nitrogen and oxygen atoms in total. The van der Waals surface area contributed by atoms with Crippen molar-refractivity contribution in [2.24, 2.45) is 0 Å². The Labute approximate surface area is 176 Å². The lowest BCUT2D eigenvalue weighted by Gasteiger charge is -2.09. The van der Waals surface area contributed by atoms with Gasteiger partial charge in [0.2, 0.25) is 5.52 Å². The van der Waals surface area contributed by atoms with Crippen LogP contribution in [0.2, 0.25) is 0 Å². The highest BCUT2D eigenvalue weighted by molar-refractivity contribution is 8.03. The molecule has 1 aromatic carbocycles. The summed E-state index contributed by atoms with van der Waals surface area (Å²) >= 11 is 5.26. The molecule has 0 atom stereocenters. The summed E-state index contributed by atoms with van der Waals surface area (Å²) in [6.07, 6.45) is 6.66. The Morgan fingerprint density at radius 1 is 1.29 bits per heavy atom. The highest BCUT2D eigenvalue weighted by Crippen LogP contribution is 2.32. The first-order valence-electron chi connectivity index (χ1n) is 8.92. The molecule has 28 heavy (non-hydrogen) atoms. The smallest absolute Gasteiger partial charge is 0.265 e. The number of benzene rings is 1. The third-order valence-electron chi connectivity index (χ3n) is 4.63. The van der Waals surface area contributed by atoms with Crippen molar-refractivity contribution in [2.45, 2.75) is 13.0 Å². The van der Waals surface area contributed by atoms with Crippen LogP contribution in [0.3, 0.4) is 0 Å². The average molecular weight is 454 g/mol. The molecule has 9 heteroatoms. The summed E-state index contributed by atoms with van der Waals surface area (Å²) in [5.41, 5.74) is 1.14. The molecule has 0 spiro atoms. The summed E-state index contributed by atoms with van der Waals surface area (Å²) in [4.78, 5) is 2.25. The minimum absolute atomic E-state index is 0.231. The lowest BCUT2D eigenvalue weighted by molar-refractivity contribution is -0.667. The maximum absolute atomic E-state index is 11.2. The number of thiophene rings is 1. The number of allylic oxidation sites excluding steroid dienone is 2. The van der Waals surface area contributed by atoms with Crippen molar-refractivity contribution in [1.29, 1.82) is 0 Å². The Morgan fingerprint density at radius 3 is 2.86 bits per heavy atom. The zero-order valence-electron chi connectivity index (χ0n) is 15.4. The molecule has 0 amide bonds. The van der Waals surface area contributed by atoms with Gasteiger partial charge in [0.25, 0.3) is 15.1 Å². The number of thiazole rings is 1. The summed E-state index contributed by atoms with van der Waals surface area (Å²) in [5, 5.41) is 5.61. The van der Waals surface area contributed by atoms with Crippen LogP contribution in [0.4, 0.5) is 0 Å². The van der Waals surface area contributed by atoms with Crippen LogP contribution >= 0.6 is 34.4 Å². The van der Waals surface area contributed by atoms with Crippen LogP contribution in [0, 0.1) is 0 Å². The summed E-state index contributed by atoms with van der Waals surface area (Å²) in [6.45, 7) is 1.61. The largest absolute Gasteiger partial charge is 0.369 e. The Kier molecular flexibility index (Phi) is 5.80. The Balaban J connectivity index is 1.72. The standard InChI is InChI=1S/C19H20N2O3S4/c1-20-10-12-26-17(20)4-2-5-18-21(9-3-13-28(22,23)24)19-14-8-11-25-15(14)6-7-16(19)27-18/h2,4-8,11H,3,9-10,12-13H2,1H3/p+1. The molecule has 3 heterocycles. The van der Waals surface area contributed by atoms with E-state index in [4.69, 9.17) is 4.55 Å². The number of aryl methyl sites for hydroxylation is 1.